The maximum Gasteiger partial charge on any atom is 0.246 e. The van der Waals surface area contributed by atoms with E-state index in [-0.39, 0.29) is 12.5 Å². The zero-order valence-corrected chi connectivity index (χ0v) is 12.7. The molecule has 0 spiro atoms. The van der Waals surface area contributed by atoms with Crippen molar-refractivity contribution < 1.29 is 4.79 Å². The van der Waals surface area contributed by atoms with Crippen LogP contribution in [0.3, 0.4) is 0 Å². The third kappa shape index (κ3) is 2.61. The van der Waals surface area contributed by atoms with E-state index in [1.54, 1.807) is 10.9 Å². The molecule has 2 aromatic rings. The summed E-state index contributed by atoms with van der Waals surface area (Å²) in [6.07, 6.45) is 2.70. The fourth-order valence-electron chi connectivity index (χ4n) is 2.42. The van der Waals surface area contributed by atoms with Crippen molar-refractivity contribution >= 4 is 29.0 Å². The number of anilines is 2. The van der Waals surface area contributed by atoms with Gasteiger partial charge in [0.15, 0.2) is 0 Å². The van der Waals surface area contributed by atoms with Crippen molar-refractivity contribution in [2.24, 2.45) is 0 Å². The van der Waals surface area contributed by atoms with Gasteiger partial charge < -0.3 is 10.6 Å². The van der Waals surface area contributed by atoms with Gasteiger partial charge in [-0.3, -0.25) is 9.48 Å². The molecule has 112 valence electrons. The lowest BCUT2D eigenvalue weighted by molar-refractivity contribution is -0.116. The third-order valence-corrected chi connectivity index (χ3v) is 4.09. The molecule has 0 atom stereocenters. The van der Waals surface area contributed by atoms with Gasteiger partial charge in [0.05, 0.1) is 22.6 Å². The molecule has 0 saturated carbocycles. The molecule has 0 radical (unpaired) electrons. The number of amides is 1. The summed E-state index contributed by atoms with van der Waals surface area (Å²) in [5.41, 5.74) is 2.22. The van der Waals surface area contributed by atoms with Crippen molar-refractivity contribution in [1.29, 1.82) is 0 Å². The van der Waals surface area contributed by atoms with Crippen LogP contribution in [0.5, 0.6) is 0 Å². The number of rotatable bonds is 3. The Bertz CT molecular complexity index is 689. The number of hydrogen-bond donors (Lipinski definition) is 2. The molecule has 7 nitrogen and oxygen atoms in total. The lowest BCUT2D eigenvalue weighted by Crippen LogP contribution is -2.22. The number of carbonyl (C=O) groups is 1. The Morgan fingerprint density at radius 3 is 3.05 bits per heavy atom. The van der Waals surface area contributed by atoms with Gasteiger partial charge in [0, 0.05) is 13.1 Å². The van der Waals surface area contributed by atoms with Crippen LogP contribution in [0, 0.1) is 13.8 Å². The van der Waals surface area contributed by atoms with Crippen molar-refractivity contribution in [3.8, 4) is 0 Å². The molecule has 1 amide bonds. The van der Waals surface area contributed by atoms with Gasteiger partial charge in [0.2, 0.25) is 5.91 Å². The Kier molecular flexibility index (Phi) is 3.59. The van der Waals surface area contributed by atoms with Crippen molar-refractivity contribution in [2.45, 2.75) is 33.4 Å². The highest BCUT2D eigenvalue weighted by atomic mass is 35.5. The number of fused-ring (bicyclic) bond motifs is 1. The molecule has 3 rings (SSSR count). The normalized spacial score (nSPS) is 13.7. The summed E-state index contributed by atoms with van der Waals surface area (Å²) < 4.78 is 3.47. The minimum atomic E-state index is -0.152. The van der Waals surface area contributed by atoms with E-state index in [9.17, 15) is 4.79 Å². The van der Waals surface area contributed by atoms with Crippen LogP contribution in [0.2, 0.25) is 5.02 Å². The SMILES string of the molecule is Cc1nn(CC(=O)Nc2cnn3c2NCCC3)c(C)c1Cl. The summed E-state index contributed by atoms with van der Waals surface area (Å²) in [4.78, 5) is 12.2. The van der Waals surface area contributed by atoms with Gasteiger partial charge >= 0.3 is 0 Å². The standard InChI is InChI=1S/C13H17ClN6O/c1-8-12(14)9(2)20(18-8)7-11(21)17-10-6-16-19-5-3-4-15-13(10)19/h6,15H,3-5,7H2,1-2H3,(H,17,21). The van der Waals surface area contributed by atoms with Crippen LogP contribution in [-0.4, -0.2) is 32.0 Å². The van der Waals surface area contributed by atoms with E-state index in [1.807, 2.05) is 18.5 Å². The largest absolute Gasteiger partial charge is 0.368 e. The third-order valence-electron chi connectivity index (χ3n) is 3.54. The van der Waals surface area contributed by atoms with Crippen molar-refractivity contribution in [3.05, 3.63) is 22.6 Å². The summed E-state index contributed by atoms with van der Waals surface area (Å²) in [6, 6.07) is 0. The average Bonchev–Trinajstić information content (AvgIpc) is 2.97. The van der Waals surface area contributed by atoms with Crippen molar-refractivity contribution in [1.82, 2.24) is 19.6 Å². The predicted octanol–water partition coefficient (Wildman–Crippen LogP) is 1.80. The van der Waals surface area contributed by atoms with Crippen LogP contribution >= 0.6 is 11.6 Å². The number of aromatic nitrogens is 4. The zero-order valence-electron chi connectivity index (χ0n) is 12.0. The van der Waals surface area contributed by atoms with Gasteiger partial charge in [-0.2, -0.15) is 10.2 Å². The molecule has 0 bridgehead atoms. The highest BCUT2D eigenvalue weighted by molar-refractivity contribution is 6.31. The van der Waals surface area contributed by atoms with Gasteiger partial charge in [-0.05, 0) is 20.3 Å². The molecule has 2 N–H and O–H groups in total. The molecule has 3 heterocycles. The van der Waals surface area contributed by atoms with E-state index in [0.717, 1.165) is 36.7 Å². The highest BCUT2D eigenvalue weighted by Gasteiger charge is 2.17. The number of nitrogens with zero attached hydrogens (tertiary/aromatic N) is 4. The quantitative estimate of drug-likeness (QED) is 0.906. The highest BCUT2D eigenvalue weighted by Crippen LogP contribution is 2.24. The number of halogens is 1. The Labute approximate surface area is 127 Å². The topological polar surface area (TPSA) is 76.8 Å². The predicted molar refractivity (Wildman–Crippen MR) is 80.7 cm³/mol. The van der Waals surface area contributed by atoms with Crippen LogP contribution in [0.15, 0.2) is 6.20 Å². The smallest absolute Gasteiger partial charge is 0.246 e. The van der Waals surface area contributed by atoms with E-state index in [0.29, 0.717) is 10.7 Å². The van der Waals surface area contributed by atoms with Crippen LogP contribution in [-0.2, 0) is 17.9 Å². The van der Waals surface area contributed by atoms with E-state index in [4.69, 9.17) is 11.6 Å². The van der Waals surface area contributed by atoms with Crippen molar-refractivity contribution in [3.63, 3.8) is 0 Å². The lowest BCUT2D eigenvalue weighted by atomic mass is 10.3. The van der Waals surface area contributed by atoms with Gasteiger partial charge in [-0.1, -0.05) is 11.6 Å². The summed E-state index contributed by atoms with van der Waals surface area (Å²) in [5.74, 6) is 0.710. The minimum Gasteiger partial charge on any atom is -0.368 e. The fraction of sp³-hybridized carbons (Fsp3) is 0.462. The second-order valence-electron chi connectivity index (χ2n) is 5.10. The molecular formula is C13H17ClN6O. The Hall–Kier alpha value is -2.02. The first-order valence-corrected chi connectivity index (χ1v) is 7.23. The summed E-state index contributed by atoms with van der Waals surface area (Å²) in [6.45, 7) is 5.55. The molecule has 0 aliphatic carbocycles. The number of hydrogen-bond acceptors (Lipinski definition) is 4. The van der Waals surface area contributed by atoms with Crippen LogP contribution in [0.25, 0.3) is 0 Å². The monoisotopic (exact) mass is 308 g/mol. The van der Waals surface area contributed by atoms with Crippen molar-refractivity contribution in [2.75, 3.05) is 17.2 Å². The Balaban J connectivity index is 1.72. The number of nitrogens with one attached hydrogen (secondary N) is 2. The molecule has 1 aliphatic heterocycles. The molecular weight excluding hydrogens is 292 g/mol. The van der Waals surface area contributed by atoms with E-state index >= 15 is 0 Å². The van der Waals surface area contributed by atoms with Gasteiger partial charge in [0.25, 0.3) is 0 Å². The summed E-state index contributed by atoms with van der Waals surface area (Å²) in [7, 11) is 0. The number of carbonyl (C=O) groups excluding carboxylic acids is 1. The zero-order chi connectivity index (χ0) is 15.0. The first-order chi connectivity index (χ1) is 10.1. The van der Waals surface area contributed by atoms with Crippen LogP contribution in [0.1, 0.15) is 17.8 Å². The second-order valence-corrected chi connectivity index (χ2v) is 5.48. The van der Waals surface area contributed by atoms with Crippen LogP contribution < -0.4 is 10.6 Å². The van der Waals surface area contributed by atoms with Gasteiger partial charge in [-0.15, -0.1) is 0 Å². The Morgan fingerprint density at radius 2 is 2.33 bits per heavy atom. The molecule has 0 fully saturated rings. The summed E-state index contributed by atoms with van der Waals surface area (Å²) in [5, 5.41) is 15.2. The first kappa shape index (κ1) is 13.9. The average molecular weight is 309 g/mol. The molecule has 0 saturated heterocycles. The molecule has 1 aliphatic rings. The van der Waals surface area contributed by atoms with E-state index in [2.05, 4.69) is 20.8 Å². The fourth-order valence-corrected chi connectivity index (χ4v) is 2.56. The molecule has 21 heavy (non-hydrogen) atoms. The number of aryl methyl sites for hydroxylation is 2. The molecule has 0 unspecified atom stereocenters. The second kappa shape index (κ2) is 5.40. The minimum absolute atomic E-state index is 0.129. The maximum absolute atomic E-state index is 12.2. The van der Waals surface area contributed by atoms with E-state index in [1.165, 1.54) is 0 Å². The Morgan fingerprint density at radius 1 is 1.52 bits per heavy atom. The maximum atomic E-state index is 12.2. The molecule has 2 aromatic heterocycles. The molecule has 8 heteroatoms. The molecule has 0 aromatic carbocycles. The van der Waals surface area contributed by atoms with Gasteiger partial charge in [0.1, 0.15) is 18.1 Å². The van der Waals surface area contributed by atoms with E-state index < -0.39 is 0 Å². The summed E-state index contributed by atoms with van der Waals surface area (Å²) >= 11 is 6.08. The van der Waals surface area contributed by atoms with Gasteiger partial charge in [-0.25, -0.2) is 4.68 Å². The van der Waals surface area contributed by atoms with Crippen LogP contribution in [0.4, 0.5) is 11.5 Å². The first-order valence-electron chi connectivity index (χ1n) is 6.85. The lowest BCUT2D eigenvalue weighted by Gasteiger charge is -2.17.